The van der Waals surface area contributed by atoms with Crippen LogP contribution in [0.4, 0.5) is 0 Å². The molecule has 0 aliphatic carbocycles. The van der Waals surface area contributed by atoms with Crippen molar-refractivity contribution >= 4 is 11.9 Å². The van der Waals surface area contributed by atoms with Gasteiger partial charge in [0, 0.05) is 6.42 Å². The lowest BCUT2D eigenvalue weighted by atomic mass is 9.73. The molecule has 1 aromatic rings. The number of rotatable bonds is 15. The number of carbonyl (C=O) groups excluding carboxylic acids is 1. The second kappa shape index (κ2) is 12.6. The van der Waals surface area contributed by atoms with E-state index in [0.29, 0.717) is 24.5 Å². The Morgan fingerprint density at radius 3 is 1.97 bits per heavy atom. The second-order valence-electron chi connectivity index (χ2n) is 12.6. The van der Waals surface area contributed by atoms with E-state index in [1.807, 2.05) is 19.9 Å². The lowest BCUT2D eigenvalue weighted by Crippen LogP contribution is -2.46. The first-order valence-electron chi connectivity index (χ1n) is 13.1. The van der Waals surface area contributed by atoms with Gasteiger partial charge in [-0.05, 0) is 71.8 Å². The number of carbonyl (C=O) groups is 2. The second-order valence-corrected chi connectivity index (χ2v) is 12.6. The van der Waals surface area contributed by atoms with Gasteiger partial charge in [0.1, 0.15) is 5.60 Å². The topological polar surface area (TPSA) is 82.1 Å². The van der Waals surface area contributed by atoms with Gasteiger partial charge in [-0.15, -0.1) is 0 Å². The Kier molecular flexibility index (Phi) is 11.2. The summed E-state index contributed by atoms with van der Waals surface area (Å²) in [5.74, 6) is -2.10. The summed E-state index contributed by atoms with van der Waals surface area (Å²) < 4.78 is 18.4. The molecule has 2 unspecified atom stereocenters. The molecule has 0 saturated heterocycles. The average molecular weight is 507 g/mol. The Balaban J connectivity index is 2.67. The van der Waals surface area contributed by atoms with Gasteiger partial charge in [-0.2, -0.15) is 0 Å². The Hall–Kier alpha value is -1.92. The van der Waals surface area contributed by atoms with E-state index in [1.54, 1.807) is 24.3 Å². The fraction of sp³-hybridized carbons (Fsp3) is 0.733. The van der Waals surface area contributed by atoms with Crippen LogP contribution in [-0.4, -0.2) is 46.6 Å². The number of esters is 1. The molecule has 0 bridgehead atoms. The third-order valence-corrected chi connectivity index (χ3v) is 7.75. The van der Waals surface area contributed by atoms with Crippen LogP contribution in [0.3, 0.4) is 0 Å². The Morgan fingerprint density at radius 1 is 0.917 bits per heavy atom. The zero-order chi connectivity index (χ0) is 27.9. The molecule has 0 spiro atoms. The molecule has 1 rings (SSSR count). The van der Waals surface area contributed by atoms with Gasteiger partial charge in [0.15, 0.2) is 0 Å². The minimum Gasteiger partial charge on any atom is -0.481 e. The fourth-order valence-corrected chi connectivity index (χ4v) is 4.01. The van der Waals surface area contributed by atoms with Crippen molar-refractivity contribution in [2.75, 3.05) is 6.61 Å². The van der Waals surface area contributed by atoms with Crippen LogP contribution in [0.25, 0.3) is 0 Å². The van der Waals surface area contributed by atoms with Crippen molar-refractivity contribution in [2.24, 2.45) is 11.3 Å². The molecule has 0 amide bonds. The molecule has 6 nitrogen and oxygen atoms in total. The van der Waals surface area contributed by atoms with Crippen molar-refractivity contribution in [3.8, 4) is 0 Å². The highest BCUT2D eigenvalue weighted by Gasteiger charge is 2.41. The third kappa shape index (κ3) is 9.85. The van der Waals surface area contributed by atoms with Crippen LogP contribution in [0, 0.1) is 11.3 Å². The van der Waals surface area contributed by atoms with E-state index in [-0.39, 0.29) is 23.5 Å². The molecular weight excluding hydrogens is 456 g/mol. The van der Waals surface area contributed by atoms with Crippen molar-refractivity contribution in [2.45, 2.75) is 124 Å². The van der Waals surface area contributed by atoms with Crippen LogP contribution in [0.2, 0.25) is 0 Å². The summed E-state index contributed by atoms with van der Waals surface area (Å²) >= 11 is 0. The Bertz CT molecular complexity index is 838. The number of hydrogen-bond acceptors (Lipinski definition) is 5. The van der Waals surface area contributed by atoms with Crippen molar-refractivity contribution in [1.29, 1.82) is 0 Å². The Labute approximate surface area is 219 Å². The molecule has 0 aliphatic heterocycles. The Morgan fingerprint density at radius 2 is 1.47 bits per heavy atom. The number of carboxylic acid groups (broad SMARTS) is 1. The van der Waals surface area contributed by atoms with E-state index < -0.39 is 29.1 Å². The number of hydrogen-bond donors (Lipinski definition) is 1. The first-order valence-corrected chi connectivity index (χ1v) is 13.1. The first-order chi connectivity index (χ1) is 16.3. The van der Waals surface area contributed by atoms with Gasteiger partial charge in [0.05, 0.1) is 36.3 Å². The molecule has 0 saturated carbocycles. The first kappa shape index (κ1) is 32.1. The van der Waals surface area contributed by atoms with Crippen LogP contribution in [0.15, 0.2) is 30.3 Å². The van der Waals surface area contributed by atoms with Crippen LogP contribution in [0.5, 0.6) is 0 Å². The normalized spacial score (nSPS) is 15.0. The van der Waals surface area contributed by atoms with Crippen LogP contribution < -0.4 is 0 Å². The molecule has 0 fully saturated rings. The molecule has 0 heterocycles. The summed E-state index contributed by atoms with van der Waals surface area (Å²) in [6, 6.07) is 8.76. The van der Waals surface area contributed by atoms with Gasteiger partial charge in [0.25, 0.3) is 0 Å². The molecule has 36 heavy (non-hydrogen) atoms. The molecular formula is C30H50O6. The summed E-state index contributed by atoms with van der Waals surface area (Å²) in [6.07, 6.45) is 1.19. The summed E-state index contributed by atoms with van der Waals surface area (Å²) in [4.78, 5) is 24.3. The van der Waals surface area contributed by atoms with E-state index in [4.69, 9.17) is 14.2 Å². The van der Waals surface area contributed by atoms with Crippen molar-refractivity contribution in [3.63, 3.8) is 0 Å². The van der Waals surface area contributed by atoms with Crippen LogP contribution in [-0.2, 0) is 23.8 Å². The number of ether oxygens (including phenoxy) is 3. The number of carboxylic acids is 1. The minimum absolute atomic E-state index is 0.0736. The summed E-state index contributed by atoms with van der Waals surface area (Å²) in [7, 11) is 0. The van der Waals surface area contributed by atoms with Gasteiger partial charge < -0.3 is 19.3 Å². The quantitative estimate of drug-likeness (QED) is 0.258. The van der Waals surface area contributed by atoms with Crippen LogP contribution in [0.1, 0.15) is 107 Å². The zero-order valence-electron chi connectivity index (χ0n) is 24.4. The fourth-order valence-electron chi connectivity index (χ4n) is 4.01. The lowest BCUT2D eigenvalue weighted by Gasteiger charge is -2.44. The SMILES string of the molecule is CC(CC(C)(C)C(C)(C)OCCC(C)(C)OC(=O)CC(C(=O)O)c1ccccc1)OC(C)(C)C(C)C. The maximum absolute atomic E-state index is 12.6. The van der Waals surface area contributed by atoms with Gasteiger partial charge in [-0.1, -0.05) is 58.0 Å². The number of aliphatic carboxylic acids is 1. The highest BCUT2D eigenvalue weighted by atomic mass is 16.6. The maximum Gasteiger partial charge on any atom is 0.311 e. The zero-order valence-corrected chi connectivity index (χ0v) is 24.4. The lowest BCUT2D eigenvalue weighted by molar-refractivity contribution is -0.166. The molecule has 0 aliphatic rings. The van der Waals surface area contributed by atoms with E-state index >= 15 is 0 Å². The van der Waals surface area contributed by atoms with E-state index in [9.17, 15) is 14.7 Å². The molecule has 206 valence electrons. The summed E-state index contributed by atoms with van der Waals surface area (Å²) in [5, 5.41) is 9.60. The van der Waals surface area contributed by atoms with Crippen molar-refractivity contribution < 1.29 is 28.9 Å². The number of benzene rings is 1. The van der Waals surface area contributed by atoms with Crippen LogP contribution >= 0.6 is 0 Å². The van der Waals surface area contributed by atoms with E-state index in [0.717, 1.165) is 6.42 Å². The van der Waals surface area contributed by atoms with Gasteiger partial charge >= 0.3 is 11.9 Å². The van der Waals surface area contributed by atoms with Gasteiger partial charge in [0.2, 0.25) is 0 Å². The van der Waals surface area contributed by atoms with Gasteiger partial charge in [-0.25, -0.2) is 0 Å². The largest absolute Gasteiger partial charge is 0.481 e. The summed E-state index contributed by atoms with van der Waals surface area (Å²) in [5.41, 5.74) is -0.996. The van der Waals surface area contributed by atoms with Crippen molar-refractivity contribution in [3.05, 3.63) is 35.9 Å². The minimum atomic E-state index is -1.04. The smallest absolute Gasteiger partial charge is 0.311 e. The monoisotopic (exact) mass is 506 g/mol. The molecule has 1 aromatic carbocycles. The third-order valence-electron chi connectivity index (χ3n) is 7.75. The molecule has 0 aromatic heterocycles. The van der Waals surface area contributed by atoms with E-state index in [1.165, 1.54) is 0 Å². The standard InChI is InChI=1S/C30H50O6/c1-21(2)29(8,9)35-22(3)20-27(4,5)30(10,11)34-18-17-28(6,7)36-25(31)19-24(26(32)33)23-15-13-12-14-16-23/h12-16,21-22,24H,17-20H2,1-11H3,(H,32,33). The molecule has 1 N–H and O–H groups in total. The predicted molar refractivity (Wildman–Crippen MR) is 144 cm³/mol. The highest BCUT2D eigenvalue weighted by Crippen LogP contribution is 2.40. The molecule has 6 heteroatoms. The predicted octanol–water partition coefficient (Wildman–Crippen LogP) is 7.01. The molecule has 0 radical (unpaired) electrons. The maximum atomic E-state index is 12.6. The summed E-state index contributed by atoms with van der Waals surface area (Å²) in [6.45, 7) is 23.3. The van der Waals surface area contributed by atoms with Crippen molar-refractivity contribution in [1.82, 2.24) is 0 Å². The molecule has 2 atom stereocenters. The highest BCUT2D eigenvalue weighted by molar-refractivity contribution is 5.83. The van der Waals surface area contributed by atoms with E-state index in [2.05, 4.69) is 62.3 Å². The van der Waals surface area contributed by atoms with Gasteiger partial charge in [-0.3, -0.25) is 9.59 Å². The average Bonchev–Trinajstić information content (AvgIpc) is 2.70.